The summed E-state index contributed by atoms with van der Waals surface area (Å²) >= 11 is 3.44. The summed E-state index contributed by atoms with van der Waals surface area (Å²) < 4.78 is 16.7. The Morgan fingerprint density at radius 3 is 2.15 bits per heavy atom. The first-order chi connectivity index (χ1) is 9.51. The predicted molar refractivity (Wildman–Crippen MR) is 77.0 cm³/mol. The van der Waals surface area contributed by atoms with Gasteiger partial charge in [-0.2, -0.15) is 0 Å². The van der Waals surface area contributed by atoms with Crippen LogP contribution in [-0.2, 0) is 10.2 Å². The number of hydrogen-bond acceptors (Lipinski definition) is 4. The lowest BCUT2D eigenvalue weighted by Gasteiger charge is -2.39. The van der Waals surface area contributed by atoms with Crippen molar-refractivity contribution in [3.8, 4) is 17.2 Å². The molecule has 1 aliphatic rings. The standard InChI is InChI=1S/C14H17BrO5/c1-18-9-7-8(15)10(12(20-3)11(9)19-2)14(13(16)17)5-4-6-14/h7H,4-6H2,1-3H3,(H,16,17). The molecule has 0 radical (unpaired) electrons. The minimum atomic E-state index is -0.913. The summed E-state index contributed by atoms with van der Waals surface area (Å²) in [7, 11) is 4.54. The molecular weight excluding hydrogens is 328 g/mol. The lowest BCUT2D eigenvalue weighted by Crippen LogP contribution is -2.43. The highest BCUT2D eigenvalue weighted by molar-refractivity contribution is 9.10. The highest BCUT2D eigenvalue weighted by Crippen LogP contribution is 2.55. The zero-order valence-corrected chi connectivity index (χ0v) is 13.2. The first-order valence-electron chi connectivity index (χ1n) is 6.24. The molecule has 1 aliphatic carbocycles. The van der Waals surface area contributed by atoms with Gasteiger partial charge in [0.15, 0.2) is 11.5 Å². The number of halogens is 1. The third-order valence-corrected chi connectivity index (χ3v) is 4.50. The van der Waals surface area contributed by atoms with Crippen LogP contribution < -0.4 is 14.2 Å². The van der Waals surface area contributed by atoms with Crippen LogP contribution in [0.25, 0.3) is 0 Å². The van der Waals surface area contributed by atoms with Crippen molar-refractivity contribution in [2.75, 3.05) is 21.3 Å². The maximum Gasteiger partial charge on any atom is 0.314 e. The highest BCUT2D eigenvalue weighted by Gasteiger charge is 2.50. The smallest absolute Gasteiger partial charge is 0.314 e. The third kappa shape index (κ3) is 2.02. The molecule has 1 fully saturated rings. The van der Waals surface area contributed by atoms with Gasteiger partial charge in [0.05, 0.1) is 26.7 Å². The summed E-state index contributed by atoms with van der Waals surface area (Å²) in [4.78, 5) is 11.7. The maximum absolute atomic E-state index is 11.7. The van der Waals surface area contributed by atoms with E-state index < -0.39 is 11.4 Å². The molecule has 0 unspecified atom stereocenters. The fourth-order valence-electron chi connectivity index (χ4n) is 2.67. The number of methoxy groups -OCH3 is 3. The van der Waals surface area contributed by atoms with Gasteiger partial charge in [-0.05, 0) is 18.9 Å². The van der Waals surface area contributed by atoms with Gasteiger partial charge >= 0.3 is 5.97 Å². The van der Waals surface area contributed by atoms with E-state index in [0.717, 1.165) is 6.42 Å². The number of benzene rings is 1. The Labute approximate surface area is 126 Å². The Bertz CT molecular complexity index is 537. The second kappa shape index (κ2) is 5.52. The molecule has 110 valence electrons. The lowest BCUT2D eigenvalue weighted by atomic mass is 9.64. The average molecular weight is 345 g/mol. The fraction of sp³-hybridized carbons (Fsp3) is 0.500. The van der Waals surface area contributed by atoms with Gasteiger partial charge in [-0.1, -0.05) is 22.4 Å². The molecular formula is C14H17BrO5. The fourth-order valence-corrected chi connectivity index (χ4v) is 3.44. The van der Waals surface area contributed by atoms with Crippen LogP contribution in [0.1, 0.15) is 24.8 Å². The van der Waals surface area contributed by atoms with Crippen LogP contribution in [0.5, 0.6) is 17.2 Å². The molecule has 0 amide bonds. The molecule has 6 heteroatoms. The van der Waals surface area contributed by atoms with Crippen molar-refractivity contribution in [3.63, 3.8) is 0 Å². The molecule has 1 aromatic rings. The van der Waals surface area contributed by atoms with E-state index in [1.165, 1.54) is 21.3 Å². The van der Waals surface area contributed by atoms with Crippen LogP contribution in [-0.4, -0.2) is 32.4 Å². The lowest BCUT2D eigenvalue weighted by molar-refractivity contribution is -0.147. The minimum absolute atomic E-state index is 0.417. The van der Waals surface area contributed by atoms with E-state index in [4.69, 9.17) is 14.2 Å². The molecule has 1 aromatic carbocycles. The molecule has 2 rings (SSSR count). The largest absolute Gasteiger partial charge is 0.493 e. The number of carbonyl (C=O) groups is 1. The molecule has 0 aliphatic heterocycles. The molecule has 0 atom stereocenters. The highest BCUT2D eigenvalue weighted by atomic mass is 79.9. The molecule has 0 spiro atoms. The second-order valence-electron chi connectivity index (χ2n) is 4.74. The monoisotopic (exact) mass is 344 g/mol. The van der Waals surface area contributed by atoms with Gasteiger partial charge in [-0.25, -0.2) is 0 Å². The van der Waals surface area contributed by atoms with Crippen molar-refractivity contribution >= 4 is 21.9 Å². The average Bonchev–Trinajstić information content (AvgIpc) is 2.37. The van der Waals surface area contributed by atoms with Crippen molar-refractivity contribution in [1.29, 1.82) is 0 Å². The Hall–Kier alpha value is -1.43. The van der Waals surface area contributed by atoms with Gasteiger partial charge in [-0.15, -0.1) is 0 Å². The maximum atomic E-state index is 11.7. The molecule has 0 saturated heterocycles. The first kappa shape index (κ1) is 15.0. The summed E-state index contributed by atoms with van der Waals surface area (Å²) in [6, 6.07) is 1.72. The quantitative estimate of drug-likeness (QED) is 0.889. The van der Waals surface area contributed by atoms with Crippen molar-refractivity contribution in [2.45, 2.75) is 24.7 Å². The van der Waals surface area contributed by atoms with Crippen molar-refractivity contribution in [1.82, 2.24) is 0 Å². The second-order valence-corrected chi connectivity index (χ2v) is 5.60. The van der Waals surface area contributed by atoms with Gasteiger partial charge in [0, 0.05) is 10.0 Å². The summed E-state index contributed by atoms with van der Waals surface area (Å²) in [5.74, 6) is 0.497. The van der Waals surface area contributed by atoms with E-state index in [1.807, 2.05) is 0 Å². The third-order valence-electron chi connectivity index (χ3n) is 3.88. The molecule has 20 heavy (non-hydrogen) atoms. The van der Waals surface area contributed by atoms with Gasteiger partial charge in [0.2, 0.25) is 5.75 Å². The van der Waals surface area contributed by atoms with E-state index in [9.17, 15) is 9.90 Å². The van der Waals surface area contributed by atoms with E-state index in [1.54, 1.807) is 6.07 Å². The van der Waals surface area contributed by atoms with Crippen molar-refractivity contribution in [2.24, 2.45) is 0 Å². The molecule has 1 saturated carbocycles. The predicted octanol–water partition coefficient (Wildman–Crippen LogP) is 2.98. The number of rotatable bonds is 5. The van der Waals surface area contributed by atoms with Crippen LogP contribution in [0.15, 0.2) is 10.5 Å². The zero-order chi connectivity index (χ0) is 14.9. The number of carboxylic acids is 1. The normalized spacial score (nSPS) is 16.2. The van der Waals surface area contributed by atoms with Gasteiger partial charge in [0.25, 0.3) is 0 Å². The zero-order valence-electron chi connectivity index (χ0n) is 11.7. The van der Waals surface area contributed by atoms with Crippen LogP contribution >= 0.6 is 15.9 Å². The van der Waals surface area contributed by atoms with Crippen molar-refractivity contribution < 1.29 is 24.1 Å². The topological polar surface area (TPSA) is 65.0 Å². The molecule has 0 bridgehead atoms. The summed E-state index contributed by atoms with van der Waals surface area (Å²) in [6.45, 7) is 0. The van der Waals surface area contributed by atoms with Crippen molar-refractivity contribution in [3.05, 3.63) is 16.1 Å². The van der Waals surface area contributed by atoms with Crippen LogP contribution in [0.4, 0.5) is 0 Å². The van der Waals surface area contributed by atoms with Gasteiger partial charge < -0.3 is 19.3 Å². The van der Waals surface area contributed by atoms with E-state index in [2.05, 4.69) is 15.9 Å². The summed E-state index contributed by atoms with van der Waals surface area (Å²) in [5.41, 5.74) is -0.291. The number of hydrogen-bond donors (Lipinski definition) is 1. The number of aliphatic carboxylic acids is 1. The molecule has 5 nitrogen and oxygen atoms in total. The Morgan fingerprint density at radius 1 is 1.20 bits per heavy atom. The molecule has 0 heterocycles. The van der Waals surface area contributed by atoms with E-state index in [0.29, 0.717) is 40.1 Å². The van der Waals surface area contributed by atoms with E-state index in [-0.39, 0.29) is 0 Å². The summed E-state index contributed by atoms with van der Waals surface area (Å²) in [5, 5.41) is 9.62. The SMILES string of the molecule is COc1cc(Br)c(C2(C(=O)O)CCC2)c(OC)c1OC. The molecule has 1 N–H and O–H groups in total. The van der Waals surface area contributed by atoms with Crippen LogP contribution in [0.3, 0.4) is 0 Å². The van der Waals surface area contributed by atoms with Gasteiger partial charge in [0.1, 0.15) is 0 Å². The van der Waals surface area contributed by atoms with E-state index >= 15 is 0 Å². The van der Waals surface area contributed by atoms with Crippen LogP contribution in [0.2, 0.25) is 0 Å². The van der Waals surface area contributed by atoms with Crippen LogP contribution in [0, 0.1) is 0 Å². The van der Waals surface area contributed by atoms with Gasteiger partial charge in [-0.3, -0.25) is 4.79 Å². The Balaban J connectivity index is 2.72. The first-order valence-corrected chi connectivity index (χ1v) is 7.03. The number of carboxylic acid groups (broad SMARTS) is 1. The Kier molecular flexibility index (Phi) is 4.13. The Morgan fingerprint density at radius 2 is 1.80 bits per heavy atom. The minimum Gasteiger partial charge on any atom is -0.493 e. The molecule has 0 aromatic heterocycles. The summed E-state index contributed by atoms with van der Waals surface area (Å²) in [6.07, 6.45) is 2.07. The number of ether oxygens (including phenoxy) is 3.